The number of rotatable bonds is 13. The largest absolute Gasteiger partial charge is 0.354 e. The number of aryl methyl sites for hydroxylation is 1. The normalized spacial score (nSPS) is 11.9. The molecule has 4 aromatic carbocycles. The van der Waals surface area contributed by atoms with Crippen LogP contribution in [-0.4, -0.2) is 44.3 Å². The number of carbonyl (C=O) groups excluding carboxylic acids is 2. The molecule has 0 spiro atoms. The molecule has 7 nitrogen and oxygen atoms in total. The van der Waals surface area contributed by atoms with E-state index in [1.54, 1.807) is 42.5 Å². The Morgan fingerprint density at radius 1 is 0.844 bits per heavy atom. The second kappa shape index (κ2) is 15.6. The molecule has 2 amide bonds. The van der Waals surface area contributed by atoms with Gasteiger partial charge in [0.1, 0.15) is 12.6 Å². The van der Waals surface area contributed by atoms with E-state index in [1.807, 2.05) is 44.2 Å². The Kier molecular flexibility index (Phi) is 11.9. The quantitative estimate of drug-likeness (QED) is 0.160. The zero-order valence-corrected chi connectivity index (χ0v) is 28.0. The van der Waals surface area contributed by atoms with Gasteiger partial charge in [-0.3, -0.25) is 13.9 Å². The molecule has 0 saturated heterocycles. The second-order valence-electron chi connectivity index (χ2n) is 10.5. The number of benzene rings is 4. The van der Waals surface area contributed by atoms with Gasteiger partial charge in [0, 0.05) is 24.5 Å². The van der Waals surface area contributed by atoms with Gasteiger partial charge in [0.05, 0.1) is 20.6 Å². The van der Waals surface area contributed by atoms with E-state index in [0.29, 0.717) is 23.6 Å². The summed E-state index contributed by atoms with van der Waals surface area (Å²) in [4.78, 5) is 29.6. The molecule has 1 atom stereocenters. The lowest BCUT2D eigenvalue weighted by atomic mass is 10.0. The topological polar surface area (TPSA) is 86.8 Å². The maximum absolute atomic E-state index is 14.5. The van der Waals surface area contributed by atoms with E-state index < -0.39 is 28.5 Å². The number of nitrogens with one attached hydrogen (secondary N) is 1. The molecule has 0 aliphatic heterocycles. The number of hydrogen-bond donors (Lipinski definition) is 1. The fourth-order valence-corrected chi connectivity index (χ4v) is 6.87. The molecule has 1 N–H and O–H groups in total. The molecule has 0 aliphatic rings. The monoisotopic (exact) mass is 685 g/mol. The fraction of sp³-hybridized carbons (Fsp3) is 0.235. The number of hydrogen-bond acceptors (Lipinski definition) is 4. The zero-order valence-electron chi connectivity index (χ0n) is 24.9. The van der Waals surface area contributed by atoms with Gasteiger partial charge in [-0.05, 0) is 60.9 Å². The van der Waals surface area contributed by atoms with E-state index in [1.165, 1.54) is 29.2 Å². The Bertz CT molecular complexity index is 1740. The van der Waals surface area contributed by atoms with Crippen LogP contribution in [0.1, 0.15) is 30.0 Å². The molecule has 0 aromatic heterocycles. The third-order valence-corrected chi connectivity index (χ3v) is 9.97. The van der Waals surface area contributed by atoms with Crippen molar-refractivity contribution in [1.29, 1.82) is 0 Å². The molecule has 4 rings (SSSR count). The Labute approximate surface area is 279 Å². The van der Waals surface area contributed by atoms with Gasteiger partial charge in [-0.1, -0.05) is 108 Å². The van der Waals surface area contributed by atoms with Crippen LogP contribution in [-0.2, 0) is 32.6 Å². The predicted octanol–water partition coefficient (Wildman–Crippen LogP) is 7.32. The van der Waals surface area contributed by atoms with Gasteiger partial charge in [0.15, 0.2) is 0 Å². The third-order valence-electron chi connectivity index (χ3n) is 7.15. The van der Waals surface area contributed by atoms with E-state index in [4.69, 9.17) is 34.8 Å². The number of carbonyl (C=O) groups is 2. The minimum Gasteiger partial charge on any atom is -0.354 e. The highest BCUT2D eigenvalue weighted by Crippen LogP contribution is 2.35. The van der Waals surface area contributed by atoms with Crippen molar-refractivity contribution in [3.8, 4) is 0 Å². The maximum atomic E-state index is 14.5. The number of sulfonamides is 1. The van der Waals surface area contributed by atoms with Crippen LogP contribution in [0.4, 0.5) is 5.69 Å². The molecule has 1 unspecified atom stereocenters. The van der Waals surface area contributed by atoms with Gasteiger partial charge in [-0.2, -0.15) is 0 Å². The summed E-state index contributed by atoms with van der Waals surface area (Å²) in [7, 11) is -4.32. The lowest BCUT2D eigenvalue weighted by Gasteiger charge is -2.34. The van der Waals surface area contributed by atoms with Crippen LogP contribution in [0.15, 0.2) is 102 Å². The minimum absolute atomic E-state index is 0.00185. The molecule has 0 radical (unpaired) electrons. The molecule has 0 bridgehead atoms. The molecule has 0 aliphatic carbocycles. The van der Waals surface area contributed by atoms with E-state index in [0.717, 1.165) is 15.4 Å². The van der Waals surface area contributed by atoms with Gasteiger partial charge >= 0.3 is 0 Å². The Balaban J connectivity index is 1.83. The van der Waals surface area contributed by atoms with Crippen molar-refractivity contribution < 1.29 is 18.0 Å². The fourth-order valence-electron chi connectivity index (χ4n) is 4.79. The summed E-state index contributed by atoms with van der Waals surface area (Å²) < 4.78 is 29.3. The Hall–Kier alpha value is -3.56. The summed E-state index contributed by atoms with van der Waals surface area (Å²) in [5.74, 6) is -0.973. The average Bonchev–Trinajstić information content (AvgIpc) is 3.02. The Morgan fingerprint density at radius 2 is 1.51 bits per heavy atom. The number of amides is 2. The summed E-state index contributed by atoms with van der Waals surface area (Å²) >= 11 is 19.2. The number of anilines is 1. The highest BCUT2D eigenvalue weighted by Gasteiger charge is 2.35. The first-order valence-electron chi connectivity index (χ1n) is 14.4. The maximum Gasteiger partial charge on any atom is 0.264 e. The summed E-state index contributed by atoms with van der Waals surface area (Å²) in [5, 5.41) is 3.49. The predicted molar refractivity (Wildman–Crippen MR) is 181 cm³/mol. The first kappa shape index (κ1) is 34.3. The van der Waals surface area contributed by atoms with Crippen LogP contribution in [0.3, 0.4) is 0 Å². The van der Waals surface area contributed by atoms with Gasteiger partial charge in [-0.15, -0.1) is 0 Å². The molecule has 0 fully saturated rings. The minimum atomic E-state index is -4.32. The van der Waals surface area contributed by atoms with Crippen molar-refractivity contribution in [2.75, 3.05) is 17.4 Å². The lowest BCUT2D eigenvalue weighted by molar-refractivity contribution is -0.140. The Morgan fingerprint density at radius 3 is 2.18 bits per heavy atom. The van der Waals surface area contributed by atoms with E-state index in [2.05, 4.69) is 5.32 Å². The molecule has 11 heteroatoms. The van der Waals surface area contributed by atoms with Crippen molar-refractivity contribution in [2.45, 2.75) is 44.2 Å². The lowest BCUT2D eigenvalue weighted by Crippen LogP contribution is -2.53. The smallest absolute Gasteiger partial charge is 0.264 e. The first-order chi connectivity index (χ1) is 21.5. The summed E-state index contributed by atoms with van der Waals surface area (Å²) in [6, 6.07) is 26.2. The van der Waals surface area contributed by atoms with Gasteiger partial charge < -0.3 is 10.2 Å². The van der Waals surface area contributed by atoms with Crippen LogP contribution in [0.2, 0.25) is 15.1 Å². The first-order valence-corrected chi connectivity index (χ1v) is 17.0. The second-order valence-corrected chi connectivity index (χ2v) is 13.6. The van der Waals surface area contributed by atoms with Crippen molar-refractivity contribution >= 4 is 62.3 Å². The van der Waals surface area contributed by atoms with E-state index in [-0.39, 0.29) is 39.5 Å². The van der Waals surface area contributed by atoms with Crippen LogP contribution >= 0.6 is 34.8 Å². The van der Waals surface area contributed by atoms with Gasteiger partial charge in [0.25, 0.3) is 10.0 Å². The molecule has 45 heavy (non-hydrogen) atoms. The molecule has 4 aromatic rings. The highest BCUT2D eigenvalue weighted by molar-refractivity contribution is 7.92. The molecule has 236 valence electrons. The van der Waals surface area contributed by atoms with Gasteiger partial charge in [0.2, 0.25) is 11.8 Å². The number of nitrogens with zero attached hydrogens (tertiary/aromatic N) is 2. The molecule has 0 heterocycles. The van der Waals surface area contributed by atoms with E-state index >= 15 is 0 Å². The third kappa shape index (κ3) is 8.79. The summed E-state index contributed by atoms with van der Waals surface area (Å²) in [5.41, 5.74) is 2.41. The molecule has 0 saturated carbocycles. The summed E-state index contributed by atoms with van der Waals surface area (Å²) in [6.07, 6.45) is 0.896. The van der Waals surface area contributed by atoms with Crippen molar-refractivity contribution in [1.82, 2.24) is 10.2 Å². The van der Waals surface area contributed by atoms with Crippen molar-refractivity contribution in [3.63, 3.8) is 0 Å². The molecular weight excluding hydrogens is 653 g/mol. The SMILES string of the molecule is CCCNC(=O)C(Cc1ccccc1)N(Cc1cccc(Cl)c1)C(=O)CN(c1cccc(Cl)c1Cl)S(=O)(=O)c1ccc(C)cc1. The molecular formula is C34H34Cl3N3O4S. The van der Waals surface area contributed by atoms with Crippen molar-refractivity contribution in [2.24, 2.45) is 0 Å². The van der Waals surface area contributed by atoms with Crippen LogP contribution in [0.5, 0.6) is 0 Å². The zero-order chi connectivity index (χ0) is 32.6. The summed E-state index contributed by atoms with van der Waals surface area (Å²) in [6.45, 7) is 3.54. The van der Waals surface area contributed by atoms with Crippen LogP contribution in [0.25, 0.3) is 0 Å². The standard InChI is InChI=1S/C34H34Cl3N3O4S/c1-3-19-38-34(42)31(21-25-9-5-4-6-10-25)39(22-26-11-7-12-27(35)20-26)32(41)23-40(30-14-8-13-29(36)33(30)37)45(43,44)28-17-15-24(2)16-18-28/h4-18,20,31H,3,19,21-23H2,1-2H3,(H,38,42). The van der Waals surface area contributed by atoms with Crippen molar-refractivity contribution in [3.05, 3.63) is 129 Å². The van der Waals surface area contributed by atoms with E-state index in [9.17, 15) is 18.0 Å². The van der Waals surface area contributed by atoms with Crippen LogP contribution < -0.4 is 9.62 Å². The average molecular weight is 687 g/mol. The highest BCUT2D eigenvalue weighted by atomic mass is 35.5. The van der Waals surface area contributed by atoms with Gasteiger partial charge in [-0.25, -0.2) is 8.42 Å². The van der Waals surface area contributed by atoms with Crippen LogP contribution in [0, 0.1) is 6.92 Å². The number of halogens is 3.